The van der Waals surface area contributed by atoms with E-state index in [1.165, 1.54) is 0 Å². The fraction of sp³-hybridized carbons (Fsp3) is 0.0833. The second-order valence-electron chi connectivity index (χ2n) is 6.77. The maximum absolute atomic E-state index is 11.7. The number of aromatic nitrogens is 2. The van der Waals surface area contributed by atoms with Crippen molar-refractivity contribution in [2.75, 3.05) is 0 Å². The first-order valence-electron chi connectivity index (χ1n) is 9.26. The molecule has 1 N–H and O–H groups in total. The molecule has 3 aromatic carbocycles. The van der Waals surface area contributed by atoms with Crippen LogP contribution in [-0.4, -0.2) is 20.9 Å². The van der Waals surface area contributed by atoms with Crippen LogP contribution in [0.15, 0.2) is 78.9 Å². The lowest BCUT2D eigenvalue weighted by atomic mass is 9.99. The van der Waals surface area contributed by atoms with Crippen molar-refractivity contribution in [2.24, 2.45) is 0 Å². The van der Waals surface area contributed by atoms with Crippen molar-refractivity contribution in [3.63, 3.8) is 0 Å². The maximum Gasteiger partial charge on any atom is 0.307 e. The van der Waals surface area contributed by atoms with E-state index in [-0.39, 0.29) is 6.42 Å². The quantitative estimate of drug-likeness (QED) is 0.459. The predicted octanol–water partition coefficient (Wildman–Crippen LogP) is 5.80. The molecule has 0 aliphatic carbocycles. The van der Waals surface area contributed by atoms with Crippen molar-refractivity contribution >= 4 is 17.6 Å². The van der Waals surface area contributed by atoms with Gasteiger partial charge in [-0.25, -0.2) is 4.68 Å². The second-order valence-corrected chi connectivity index (χ2v) is 7.18. The molecule has 0 saturated heterocycles. The molecule has 0 aliphatic heterocycles. The number of rotatable bonds is 5. The van der Waals surface area contributed by atoms with Crippen LogP contribution in [0.25, 0.3) is 28.2 Å². The van der Waals surface area contributed by atoms with E-state index < -0.39 is 5.97 Å². The number of carbonyl (C=O) groups is 1. The molecule has 0 aliphatic rings. The molecule has 0 unspecified atom stereocenters. The summed E-state index contributed by atoms with van der Waals surface area (Å²) in [6, 6.07) is 25.0. The molecule has 0 saturated carbocycles. The number of carboxylic acids is 1. The molecular weight excluding hydrogens is 384 g/mol. The predicted molar refractivity (Wildman–Crippen MR) is 116 cm³/mol. The number of halogens is 1. The maximum atomic E-state index is 11.7. The third-order valence-electron chi connectivity index (χ3n) is 4.87. The zero-order valence-electron chi connectivity index (χ0n) is 15.8. The SMILES string of the molecule is Cc1c(Cl)cccc1-n1nc(-c2ccccc2)c(CC(=O)O)c1-c1ccccc1. The Morgan fingerprint density at radius 3 is 2.17 bits per heavy atom. The number of nitrogens with zero attached hydrogens (tertiary/aromatic N) is 2. The van der Waals surface area contributed by atoms with Gasteiger partial charge in [0.1, 0.15) is 0 Å². The van der Waals surface area contributed by atoms with Crippen molar-refractivity contribution in [1.82, 2.24) is 9.78 Å². The molecule has 4 aromatic rings. The smallest absolute Gasteiger partial charge is 0.307 e. The molecule has 1 heterocycles. The number of hydrogen-bond donors (Lipinski definition) is 1. The van der Waals surface area contributed by atoms with E-state index in [2.05, 4.69) is 0 Å². The van der Waals surface area contributed by atoms with E-state index in [1.807, 2.05) is 90.5 Å². The van der Waals surface area contributed by atoms with Crippen molar-refractivity contribution in [3.05, 3.63) is 95.0 Å². The molecule has 1 aromatic heterocycles. The Kier molecular flexibility index (Phi) is 5.19. The first kappa shape index (κ1) is 19.0. The normalized spacial score (nSPS) is 10.8. The van der Waals surface area contributed by atoms with Crippen molar-refractivity contribution in [3.8, 4) is 28.2 Å². The summed E-state index contributed by atoms with van der Waals surface area (Å²) in [7, 11) is 0. The highest BCUT2D eigenvalue weighted by atomic mass is 35.5. The Hall–Kier alpha value is -3.37. The number of carboxylic acid groups (broad SMARTS) is 1. The third kappa shape index (κ3) is 3.67. The second kappa shape index (κ2) is 7.94. The Morgan fingerprint density at radius 1 is 0.931 bits per heavy atom. The van der Waals surface area contributed by atoms with Crippen LogP contribution in [-0.2, 0) is 11.2 Å². The standard InChI is InChI=1S/C24H19ClN2O2/c1-16-20(25)13-8-14-21(16)27-24(18-11-6-3-7-12-18)19(15-22(28)29)23(26-27)17-9-4-2-5-10-17/h2-14H,15H2,1H3,(H,28,29). The van der Waals surface area contributed by atoms with Crippen LogP contribution >= 0.6 is 11.6 Å². The van der Waals surface area contributed by atoms with Crippen LogP contribution in [0.1, 0.15) is 11.1 Å². The van der Waals surface area contributed by atoms with Crippen molar-refractivity contribution in [1.29, 1.82) is 0 Å². The van der Waals surface area contributed by atoms with Crippen LogP contribution in [0.5, 0.6) is 0 Å². The fourth-order valence-electron chi connectivity index (χ4n) is 3.49. The summed E-state index contributed by atoms with van der Waals surface area (Å²) in [5.74, 6) is -0.901. The summed E-state index contributed by atoms with van der Waals surface area (Å²) >= 11 is 6.37. The van der Waals surface area contributed by atoms with E-state index >= 15 is 0 Å². The van der Waals surface area contributed by atoms with E-state index in [0.717, 1.165) is 28.1 Å². The van der Waals surface area contributed by atoms with Gasteiger partial charge in [-0.2, -0.15) is 5.10 Å². The summed E-state index contributed by atoms with van der Waals surface area (Å²) in [4.78, 5) is 11.7. The van der Waals surface area contributed by atoms with Gasteiger partial charge in [0, 0.05) is 21.7 Å². The first-order chi connectivity index (χ1) is 14.1. The lowest BCUT2D eigenvalue weighted by Gasteiger charge is -2.12. The molecule has 5 heteroatoms. The zero-order valence-corrected chi connectivity index (χ0v) is 16.6. The van der Waals surface area contributed by atoms with Gasteiger partial charge in [0.15, 0.2) is 0 Å². The zero-order chi connectivity index (χ0) is 20.4. The molecular formula is C24H19ClN2O2. The third-order valence-corrected chi connectivity index (χ3v) is 5.28. The molecule has 0 atom stereocenters. The van der Waals surface area contributed by atoms with Crippen LogP contribution in [0.3, 0.4) is 0 Å². The fourth-order valence-corrected chi connectivity index (χ4v) is 3.66. The molecule has 0 spiro atoms. The van der Waals surface area contributed by atoms with Crippen LogP contribution < -0.4 is 0 Å². The average molecular weight is 403 g/mol. The first-order valence-corrected chi connectivity index (χ1v) is 9.64. The van der Waals surface area contributed by atoms with Crippen molar-refractivity contribution < 1.29 is 9.90 Å². The topological polar surface area (TPSA) is 55.1 Å². The molecule has 4 nitrogen and oxygen atoms in total. The van der Waals surface area contributed by atoms with Gasteiger partial charge in [-0.3, -0.25) is 4.79 Å². The van der Waals surface area contributed by atoms with Crippen LogP contribution in [0.2, 0.25) is 5.02 Å². The summed E-state index contributed by atoms with van der Waals surface area (Å²) < 4.78 is 1.82. The summed E-state index contributed by atoms with van der Waals surface area (Å²) in [5, 5.41) is 15.1. The van der Waals surface area contributed by atoms with Gasteiger partial charge in [-0.05, 0) is 24.6 Å². The molecule has 4 rings (SSSR count). The largest absolute Gasteiger partial charge is 0.481 e. The minimum Gasteiger partial charge on any atom is -0.481 e. The summed E-state index contributed by atoms with van der Waals surface area (Å²) in [5.41, 5.74) is 5.58. The summed E-state index contributed by atoms with van der Waals surface area (Å²) in [6.07, 6.45) is -0.131. The minimum absolute atomic E-state index is 0.131. The highest BCUT2D eigenvalue weighted by Gasteiger charge is 2.24. The summed E-state index contributed by atoms with van der Waals surface area (Å²) in [6.45, 7) is 1.94. The number of hydrogen-bond acceptors (Lipinski definition) is 2. The Morgan fingerprint density at radius 2 is 1.55 bits per heavy atom. The van der Waals surface area contributed by atoms with E-state index in [0.29, 0.717) is 16.3 Å². The molecule has 0 bridgehead atoms. The van der Waals surface area contributed by atoms with Gasteiger partial charge in [-0.15, -0.1) is 0 Å². The monoisotopic (exact) mass is 402 g/mol. The Bertz CT molecular complexity index is 1170. The molecule has 0 radical (unpaired) electrons. The Balaban J connectivity index is 2.08. The lowest BCUT2D eigenvalue weighted by Crippen LogP contribution is -2.05. The van der Waals surface area contributed by atoms with Crippen molar-refractivity contribution in [2.45, 2.75) is 13.3 Å². The van der Waals surface area contributed by atoms with Crippen LogP contribution in [0, 0.1) is 6.92 Å². The van der Waals surface area contributed by atoms with Gasteiger partial charge in [0.2, 0.25) is 0 Å². The van der Waals surface area contributed by atoms with Gasteiger partial charge in [0.05, 0.1) is 23.5 Å². The Labute approximate surface area is 174 Å². The molecule has 144 valence electrons. The highest BCUT2D eigenvalue weighted by Crippen LogP contribution is 2.36. The van der Waals surface area contributed by atoms with E-state index in [9.17, 15) is 9.90 Å². The highest BCUT2D eigenvalue weighted by molar-refractivity contribution is 6.31. The van der Waals surface area contributed by atoms with Gasteiger partial charge >= 0.3 is 5.97 Å². The van der Waals surface area contributed by atoms with Gasteiger partial charge in [-0.1, -0.05) is 78.3 Å². The minimum atomic E-state index is -0.901. The molecule has 0 fully saturated rings. The van der Waals surface area contributed by atoms with Crippen LogP contribution in [0.4, 0.5) is 0 Å². The van der Waals surface area contributed by atoms with Gasteiger partial charge in [0.25, 0.3) is 0 Å². The van der Waals surface area contributed by atoms with E-state index in [4.69, 9.17) is 16.7 Å². The van der Waals surface area contributed by atoms with Gasteiger partial charge < -0.3 is 5.11 Å². The number of aliphatic carboxylic acids is 1. The molecule has 29 heavy (non-hydrogen) atoms. The molecule has 0 amide bonds. The van der Waals surface area contributed by atoms with E-state index in [1.54, 1.807) is 0 Å². The average Bonchev–Trinajstić information content (AvgIpc) is 3.09. The number of benzene rings is 3. The lowest BCUT2D eigenvalue weighted by molar-refractivity contribution is -0.136.